The van der Waals surface area contributed by atoms with E-state index in [4.69, 9.17) is 5.11 Å². The van der Waals surface area contributed by atoms with Crippen LogP contribution in [0.15, 0.2) is 24.3 Å². The smallest absolute Gasteiger partial charge is 0.326 e. The van der Waals surface area contributed by atoms with E-state index in [9.17, 15) is 14.7 Å². The molecule has 1 aliphatic heterocycles. The summed E-state index contributed by atoms with van der Waals surface area (Å²) in [5.74, 6) is -1.43. The Labute approximate surface area is 105 Å². The van der Waals surface area contributed by atoms with E-state index in [2.05, 4.69) is 0 Å². The van der Waals surface area contributed by atoms with Crippen molar-refractivity contribution in [3.05, 3.63) is 35.4 Å². The summed E-state index contributed by atoms with van der Waals surface area (Å²) in [5.41, 5.74) is 1.48. The number of benzene rings is 1. The number of rotatable bonds is 2. The zero-order valence-corrected chi connectivity index (χ0v) is 10.0. The van der Waals surface area contributed by atoms with Gasteiger partial charge in [0.05, 0.1) is 6.10 Å². The van der Waals surface area contributed by atoms with Gasteiger partial charge in [-0.3, -0.25) is 4.79 Å². The second-order valence-corrected chi connectivity index (χ2v) is 4.57. The second-order valence-electron chi connectivity index (χ2n) is 4.57. The molecule has 1 amide bonds. The number of amides is 1. The fourth-order valence-electron chi connectivity index (χ4n) is 2.13. The van der Waals surface area contributed by atoms with Gasteiger partial charge in [0, 0.05) is 18.5 Å². The molecule has 2 rings (SSSR count). The number of aliphatic carboxylic acids is 1. The van der Waals surface area contributed by atoms with Gasteiger partial charge in [0.1, 0.15) is 6.04 Å². The number of nitrogens with zero attached hydrogens (tertiary/aromatic N) is 1. The minimum absolute atomic E-state index is 0.0731. The summed E-state index contributed by atoms with van der Waals surface area (Å²) in [4.78, 5) is 24.4. The summed E-state index contributed by atoms with van der Waals surface area (Å²) in [7, 11) is 0. The van der Waals surface area contributed by atoms with Crippen molar-refractivity contribution in [3.63, 3.8) is 0 Å². The predicted molar refractivity (Wildman–Crippen MR) is 64.3 cm³/mol. The normalized spacial score (nSPS) is 23.1. The van der Waals surface area contributed by atoms with Gasteiger partial charge >= 0.3 is 5.97 Å². The molecule has 2 N–H and O–H groups in total. The first kappa shape index (κ1) is 12.6. The molecule has 18 heavy (non-hydrogen) atoms. The predicted octanol–water partition coefficient (Wildman–Crippen LogP) is 0.655. The molecule has 0 saturated carbocycles. The first-order chi connectivity index (χ1) is 8.49. The number of hydrogen-bond acceptors (Lipinski definition) is 3. The van der Waals surface area contributed by atoms with Crippen molar-refractivity contribution in [3.8, 4) is 0 Å². The molecular weight excluding hydrogens is 234 g/mol. The molecule has 0 unspecified atom stereocenters. The van der Waals surface area contributed by atoms with Crippen molar-refractivity contribution in [1.82, 2.24) is 4.90 Å². The number of aliphatic hydroxyl groups excluding tert-OH is 1. The van der Waals surface area contributed by atoms with Crippen LogP contribution in [0.1, 0.15) is 22.3 Å². The topological polar surface area (TPSA) is 77.8 Å². The number of aryl methyl sites for hydroxylation is 1. The maximum Gasteiger partial charge on any atom is 0.326 e. The van der Waals surface area contributed by atoms with Crippen molar-refractivity contribution in [1.29, 1.82) is 0 Å². The Morgan fingerprint density at radius 2 is 1.89 bits per heavy atom. The Balaban J connectivity index is 2.22. The lowest BCUT2D eigenvalue weighted by Crippen LogP contribution is -2.40. The van der Waals surface area contributed by atoms with Crippen LogP contribution in [0.25, 0.3) is 0 Å². The molecule has 0 aromatic heterocycles. The standard InChI is InChI=1S/C13H15NO4/c1-8-2-4-9(5-3-8)12(16)14-7-10(15)6-11(14)13(17)18/h2-5,10-11,15H,6-7H2,1H3,(H,17,18)/t10-,11+/m1/s1. The van der Waals surface area contributed by atoms with Gasteiger partial charge in [-0.05, 0) is 19.1 Å². The third-order valence-electron chi connectivity index (χ3n) is 3.12. The summed E-state index contributed by atoms with van der Waals surface area (Å²) in [5, 5.41) is 18.5. The number of carbonyl (C=O) groups excluding carboxylic acids is 1. The Hall–Kier alpha value is -1.88. The summed E-state index contributed by atoms with van der Waals surface area (Å²) in [6.45, 7) is 1.98. The number of carboxylic acids is 1. The first-order valence-corrected chi connectivity index (χ1v) is 5.77. The number of aliphatic hydroxyl groups is 1. The highest BCUT2D eigenvalue weighted by Gasteiger charge is 2.39. The Bertz CT molecular complexity index is 468. The summed E-state index contributed by atoms with van der Waals surface area (Å²) in [6.07, 6.45) is -0.673. The quantitative estimate of drug-likeness (QED) is 0.807. The molecule has 0 aliphatic carbocycles. The molecule has 1 fully saturated rings. The highest BCUT2D eigenvalue weighted by Crippen LogP contribution is 2.21. The number of carboxylic acid groups (broad SMARTS) is 1. The van der Waals surface area contributed by atoms with Gasteiger partial charge in [-0.15, -0.1) is 0 Å². The van der Waals surface area contributed by atoms with Crippen LogP contribution in [0.2, 0.25) is 0 Å². The maximum absolute atomic E-state index is 12.2. The van der Waals surface area contributed by atoms with Gasteiger partial charge in [0.25, 0.3) is 5.91 Å². The Kier molecular flexibility index (Phi) is 3.34. The molecule has 5 heteroatoms. The number of carbonyl (C=O) groups is 2. The van der Waals surface area contributed by atoms with Crippen LogP contribution in [0, 0.1) is 6.92 Å². The Morgan fingerprint density at radius 3 is 2.44 bits per heavy atom. The molecule has 5 nitrogen and oxygen atoms in total. The molecule has 1 aromatic carbocycles. The average Bonchev–Trinajstić information content (AvgIpc) is 2.71. The fourth-order valence-corrected chi connectivity index (χ4v) is 2.13. The summed E-state index contributed by atoms with van der Waals surface area (Å²) in [6, 6.07) is 6.00. The van der Waals surface area contributed by atoms with Gasteiger partial charge < -0.3 is 15.1 Å². The minimum atomic E-state index is -1.08. The van der Waals surface area contributed by atoms with Gasteiger partial charge in [-0.1, -0.05) is 17.7 Å². The van der Waals surface area contributed by atoms with E-state index in [0.29, 0.717) is 5.56 Å². The molecule has 0 radical (unpaired) electrons. The molecule has 96 valence electrons. The van der Waals surface area contributed by atoms with E-state index < -0.39 is 18.1 Å². The lowest BCUT2D eigenvalue weighted by Gasteiger charge is -2.21. The molecule has 2 atom stereocenters. The van der Waals surface area contributed by atoms with E-state index in [1.165, 1.54) is 4.90 Å². The Morgan fingerprint density at radius 1 is 1.28 bits per heavy atom. The molecule has 1 heterocycles. The van der Waals surface area contributed by atoms with Crippen LogP contribution < -0.4 is 0 Å². The van der Waals surface area contributed by atoms with Gasteiger partial charge in [-0.25, -0.2) is 4.79 Å². The number of likely N-dealkylation sites (tertiary alicyclic amines) is 1. The van der Waals surface area contributed by atoms with Crippen molar-refractivity contribution < 1.29 is 19.8 Å². The fraction of sp³-hybridized carbons (Fsp3) is 0.385. The van der Waals surface area contributed by atoms with E-state index in [1.807, 2.05) is 6.92 Å². The minimum Gasteiger partial charge on any atom is -0.480 e. The van der Waals surface area contributed by atoms with Crippen molar-refractivity contribution in [2.24, 2.45) is 0 Å². The summed E-state index contributed by atoms with van der Waals surface area (Å²) >= 11 is 0. The van der Waals surface area contributed by atoms with Crippen LogP contribution in [-0.4, -0.2) is 45.7 Å². The van der Waals surface area contributed by atoms with Gasteiger partial charge in [0.15, 0.2) is 0 Å². The molecular formula is C13H15NO4. The monoisotopic (exact) mass is 249 g/mol. The van der Waals surface area contributed by atoms with Crippen molar-refractivity contribution >= 4 is 11.9 Å². The van der Waals surface area contributed by atoms with Crippen LogP contribution in [0.3, 0.4) is 0 Å². The first-order valence-electron chi connectivity index (χ1n) is 5.77. The highest BCUT2D eigenvalue weighted by atomic mass is 16.4. The largest absolute Gasteiger partial charge is 0.480 e. The number of hydrogen-bond donors (Lipinski definition) is 2. The van der Waals surface area contributed by atoms with Crippen molar-refractivity contribution in [2.45, 2.75) is 25.5 Å². The second kappa shape index (κ2) is 4.78. The molecule has 1 aromatic rings. The lowest BCUT2D eigenvalue weighted by atomic mass is 10.1. The maximum atomic E-state index is 12.2. The third-order valence-corrected chi connectivity index (χ3v) is 3.12. The van der Waals surface area contributed by atoms with Crippen molar-refractivity contribution in [2.75, 3.05) is 6.54 Å². The van der Waals surface area contributed by atoms with E-state index in [-0.39, 0.29) is 18.9 Å². The highest BCUT2D eigenvalue weighted by molar-refractivity contribution is 5.97. The average molecular weight is 249 g/mol. The molecule has 0 spiro atoms. The number of β-amino-alcohol motifs (C(OH)–C–C–N with tert-alkyl or cyclic N) is 1. The van der Waals surface area contributed by atoms with Gasteiger partial charge in [0.2, 0.25) is 0 Å². The molecule has 0 bridgehead atoms. The molecule has 1 aliphatic rings. The van der Waals surface area contributed by atoms with E-state index in [0.717, 1.165) is 5.56 Å². The lowest BCUT2D eigenvalue weighted by molar-refractivity contribution is -0.141. The van der Waals surface area contributed by atoms with Crippen LogP contribution in [0.4, 0.5) is 0 Å². The zero-order chi connectivity index (χ0) is 13.3. The van der Waals surface area contributed by atoms with Crippen LogP contribution in [0.5, 0.6) is 0 Å². The SMILES string of the molecule is Cc1ccc(C(=O)N2C[C@H](O)C[C@H]2C(=O)O)cc1. The van der Waals surface area contributed by atoms with Crippen LogP contribution in [-0.2, 0) is 4.79 Å². The summed E-state index contributed by atoms with van der Waals surface area (Å²) < 4.78 is 0. The van der Waals surface area contributed by atoms with Gasteiger partial charge in [-0.2, -0.15) is 0 Å². The van der Waals surface area contributed by atoms with E-state index >= 15 is 0 Å². The molecule has 1 saturated heterocycles. The van der Waals surface area contributed by atoms with Crippen LogP contribution >= 0.6 is 0 Å². The third kappa shape index (κ3) is 2.36. The zero-order valence-electron chi connectivity index (χ0n) is 10.0. The van der Waals surface area contributed by atoms with E-state index in [1.54, 1.807) is 24.3 Å².